The van der Waals surface area contributed by atoms with Gasteiger partial charge in [0.2, 0.25) is 0 Å². The molecule has 0 aliphatic carbocycles. The Morgan fingerprint density at radius 2 is 2.21 bits per heavy atom. The predicted octanol–water partition coefficient (Wildman–Crippen LogP) is 2.54. The van der Waals surface area contributed by atoms with E-state index < -0.39 is 0 Å². The van der Waals surface area contributed by atoms with Crippen LogP contribution in [0.2, 0.25) is 0 Å². The average molecular weight is 253 g/mol. The quantitative estimate of drug-likeness (QED) is 0.732. The minimum Gasteiger partial charge on any atom is -0.295 e. The van der Waals surface area contributed by atoms with Gasteiger partial charge in [0.05, 0.1) is 5.52 Å². The first-order valence-electron chi connectivity index (χ1n) is 4.23. The van der Waals surface area contributed by atoms with Gasteiger partial charge in [0.15, 0.2) is 5.78 Å². The third-order valence-electron chi connectivity index (χ3n) is 2.17. The number of Topliss-reactive ketones (excluding diaryl/α,β-unsaturated/α-hetero) is 1. The number of fused-ring (bicyclic) bond motifs is 1. The number of benzene rings is 1. The first-order chi connectivity index (χ1) is 6.59. The molecule has 0 fully saturated rings. The molecule has 14 heavy (non-hydrogen) atoms. The molecule has 0 aliphatic heterocycles. The van der Waals surface area contributed by atoms with Crippen LogP contribution in [0.5, 0.6) is 0 Å². The van der Waals surface area contributed by atoms with Crippen molar-refractivity contribution in [1.82, 2.24) is 9.78 Å². The molecule has 0 amide bonds. The van der Waals surface area contributed by atoms with E-state index in [1.807, 2.05) is 25.2 Å². The van der Waals surface area contributed by atoms with E-state index in [4.69, 9.17) is 0 Å². The molecular weight excluding hydrogens is 244 g/mol. The lowest BCUT2D eigenvalue weighted by Crippen LogP contribution is -1.90. The van der Waals surface area contributed by atoms with Crippen molar-refractivity contribution in [3.05, 3.63) is 28.4 Å². The van der Waals surface area contributed by atoms with Crippen LogP contribution in [0.25, 0.3) is 10.9 Å². The molecule has 1 aromatic carbocycles. The Morgan fingerprint density at radius 1 is 1.50 bits per heavy atom. The molecule has 2 rings (SSSR count). The summed E-state index contributed by atoms with van der Waals surface area (Å²) < 4.78 is 2.68. The predicted molar refractivity (Wildman–Crippen MR) is 58.4 cm³/mol. The molecule has 0 saturated heterocycles. The number of nitrogens with zero attached hydrogens (tertiary/aromatic N) is 2. The number of aromatic nitrogens is 2. The van der Waals surface area contributed by atoms with E-state index >= 15 is 0 Å². The Labute approximate surface area is 89.8 Å². The lowest BCUT2D eigenvalue weighted by molar-refractivity contribution is 0.101. The second-order valence-corrected chi connectivity index (χ2v) is 3.95. The van der Waals surface area contributed by atoms with Gasteiger partial charge in [-0.1, -0.05) is 6.07 Å². The maximum atomic E-state index is 11.1. The zero-order valence-electron chi connectivity index (χ0n) is 7.91. The second kappa shape index (κ2) is 3.20. The number of aryl methyl sites for hydroxylation is 1. The third-order valence-corrected chi connectivity index (χ3v) is 3.11. The van der Waals surface area contributed by atoms with Gasteiger partial charge in [-0.2, -0.15) is 5.10 Å². The fourth-order valence-electron chi connectivity index (χ4n) is 1.39. The van der Waals surface area contributed by atoms with Crippen LogP contribution in [0, 0.1) is 0 Å². The van der Waals surface area contributed by atoms with Crippen LogP contribution >= 0.6 is 15.9 Å². The summed E-state index contributed by atoms with van der Waals surface area (Å²) in [6.07, 6.45) is 0. The largest absolute Gasteiger partial charge is 0.295 e. The Kier molecular flexibility index (Phi) is 2.15. The smallest absolute Gasteiger partial charge is 0.159 e. The van der Waals surface area contributed by atoms with Crippen molar-refractivity contribution in [2.75, 3.05) is 0 Å². The van der Waals surface area contributed by atoms with Gasteiger partial charge in [-0.25, -0.2) is 0 Å². The first kappa shape index (κ1) is 9.40. The van der Waals surface area contributed by atoms with E-state index in [2.05, 4.69) is 21.0 Å². The van der Waals surface area contributed by atoms with E-state index in [-0.39, 0.29) is 5.78 Å². The molecule has 0 atom stereocenters. The Bertz CT molecular complexity index is 516. The van der Waals surface area contributed by atoms with Gasteiger partial charge in [0.25, 0.3) is 0 Å². The molecule has 2 aromatic rings. The van der Waals surface area contributed by atoms with Gasteiger partial charge in [-0.3, -0.25) is 9.48 Å². The van der Waals surface area contributed by atoms with Crippen molar-refractivity contribution < 1.29 is 4.79 Å². The summed E-state index contributed by atoms with van der Waals surface area (Å²) in [6, 6.07) is 5.53. The van der Waals surface area contributed by atoms with Crippen molar-refractivity contribution >= 4 is 32.6 Å². The van der Waals surface area contributed by atoms with E-state index in [0.717, 1.165) is 15.5 Å². The Hall–Kier alpha value is -1.16. The molecule has 1 heterocycles. The number of carbonyl (C=O) groups is 1. The van der Waals surface area contributed by atoms with Crippen LogP contribution in [-0.4, -0.2) is 15.6 Å². The highest BCUT2D eigenvalue weighted by molar-refractivity contribution is 9.10. The highest BCUT2D eigenvalue weighted by Crippen LogP contribution is 2.23. The highest BCUT2D eigenvalue weighted by atomic mass is 79.9. The summed E-state index contributed by atoms with van der Waals surface area (Å²) in [6.45, 7) is 1.55. The van der Waals surface area contributed by atoms with Crippen molar-refractivity contribution in [3.8, 4) is 0 Å². The van der Waals surface area contributed by atoms with E-state index in [9.17, 15) is 4.79 Å². The van der Waals surface area contributed by atoms with Crippen molar-refractivity contribution in [2.45, 2.75) is 6.92 Å². The summed E-state index contributed by atoms with van der Waals surface area (Å²) in [5.74, 6) is 0.0636. The average Bonchev–Trinajstić information content (AvgIpc) is 2.42. The van der Waals surface area contributed by atoms with Crippen LogP contribution in [-0.2, 0) is 7.05 Å². The molecule has 0 unspecified atom stereocenters. The van der Waals surface area contributed by atoms with Crippen LogP contribution in [0.3, 0.4) is 0 Å². The van der Waals surface area contributed by atoms with Crippen LogP contribution < -0.4 is 0 Å². The van der Waals surface area contributed by atoms with Gasteiger partial charge < -0.3 is 0 Å². The topological polar surface area (TPSA) is 34.9 Å². The SMILES string of the molecule is CC(=O)c1ccc2c(Br)n(C)nc2c1. The summed E-state index contributed by atoms with van der Waals surface area (Å²) in [5.41, 5.74) is 1.54. The zero-order valence-corrected chi connectivity index (χ0v) is 9.50. The lowest BCUT2D eigenvalue weighted by Gasteiger charge is -1.93. The van der Waals surface area contributed by atoms with Gasteiger partial charge in [-0.15, -0.1) is 0 Å². The minimum absolute atomic E-state index is 0.0636. The molecule has 4 heteroatoms. The standard InChI is InChI=1S/C10H9BrN2O/c1-6(14)7-3-4-8-9(5-7)12-13(2)10(8)11/h3-5H,1-2H3. The van der Waals surface area contributed by atoms with E-state index in [1.165, 1.54) is 0 Å². The van der Waals surface area contributed by atoms with Crippen molar-refractivity contribution in [2.24, 2.45) is 7.05 Å². The number of hydrogen-bond acceptors (Lipinski definition) is 2. The summed E-state index contributed by atoms with van der Waals surface area (Å²) in [7, 11) is 1.86. The maximum Gasteiger partial charge on any atom is 0.159 e. The fraction of sp³-hybridized carbons (Fsp3) is 0.200. The minimum atomic E-state index is 0.0636. The first-order valence-corrected chi connectivity index (χ1v) is 5.02. The van der Waals surface area contributed by atoms with Gasteiger partial charge in [0.1, 0.15) is 4.60 Å². The maximum absolute atomic E-state index is 11.1. The van der Waals surface area contributed by atoms with Crippen LogP contribution in [0.1, 0.15) is 17.3 Å². The molecular formula is C10H9BrN2O. The number of carbonyl (C=O) groups excluding carboxylic acids is 1. The number of rotatable bonds is 1. The molecule has 1 aromatic heterocycles. The van der Waals surface area contributed by atoms with Crippen molar-refractivity contribution in [3.63, 3.8) is 0 Å². The monoisotopic (exact) mass is 252 g/mol. The molecule has 0 radical (unpaired) electrons. The normalized spacial score (nSPS) is 10.8. The fourth-order valence-corrected chi connectivity index (χ4v) is 1.80. The summed E-state index contributed by atoms with van der Waals surface area (Å²) in [4.78, 5) is 11.1. The number of ketones is 1. The third kappa shape index (κ3) is 1.35. The van der Waals surface area contributed by atoms with Gasteiger partial charge in [0, 0.05) is 18.0 Å². The molecule has 0 aliphatic rings. The summed E-state index contributed by atoms with van der Waals surface area (Å²) in [5, 5.41) is 5.30. The number of hydrogen-bond donors (Lipinski definition) is 0. The number of halogens is 1. The molecule has 0 bridgehead atoms. The van der Waals surface area contributed by atoms with E-state index in [1.54, 1.807) is 11.6 Å². The zero-order chi connectivity index (χ0) is 10.3. The Balaban J connectivity index is 2.73. The molecule has 0 spiro atoms. The molecule has 3 nitrogen and oxygen atoms in total. The van der Waals surface area contributed by atoms with E-state index in [0.29, 0.717) is 5.56 Å². The Morgan fingerprint density at radius 3 is 2.86 bits per heavy atom. The molecule has 72 valence electrons. The highest BCUT2D eigenvalue weighted by Gasteiger charge is 2.07. The van der Waals surface area contributed by atoms with Crippen LogP contribution in [0.15, 0.2) is 22.8 Å². The molecule has 0 N–H and O–H groups in total. The van der Waals surface area contributed by atoms with Crippen molar-refractivity contribution in [1.29, 1.82) is 0 Å². The van der Waals surface area contributed by atoms with Gasteiger partial charge >= 0.3 is 0 Å². The molecule has 0 saturated carbocycles. The van der Waals surface area contributed by atoms with Gasteiger partial charge in [-0.05, 0) is 35.0 Å². The summed E-state index contributed by atoms with van der Waals surface area (Å²) >= 11 is 3.43. The van der Waals surface area contributed by atoms with Crippen LogP contribution in [0.4, 0.5) is 0 Å². The second-order valence-electron chi connectivity index (χ2n) is 3.20. The lowest BCUT2D eigenvalue weighted by atomic mass is 10.1.